The van der Waals surface area contributed by atoms with E-state index in [1.165, 1.54) is 5.56 Å². The van der Waals surface area contributed by atoms with Crippen molar-refractivity contribution < 1.29 is 9.59 Å². The van der Waals surface area contributed by atoms with Crippen LogP contribution >= 0.6 is 15.9 Å². The predicted octanol–water partition coefficient (Wildman–Crippen LogP) is 3.36. The smallest absolute Gasteiger partial charge is 0.239 e. The number of piperazine rings is 1. The Hall–Kier alpha value is -2.22. The summed E-state index contributed by atoms with van der Waals surface area (Å²) in [4.78, 5) is 31.5. The zero-order valence-corrected chi connectivity index (χ0v) is 20.1. The molecule has 7 heteroatoms. The molecule has 0 radical (unpaired) electrons. The molecule has 1 fully saturated rings. The molecule has 6 nitrogen and oxygen atoms in total. The number of nitrogens with one attached hydrogen (secondary N) is 1. The van der Waals surface area contributed by atoms with Crippen molar-refractivity contribution in [3.05, 3.63) is 64.1 Å². The summed E-state index contributed by atoms with van der Waals surface area (Å²) in [5.41, 5.74) is 3.07. The molecule has 0 aliphatic carbocycles. The average molecular weight is 487 g/mol. The zero-order chi connectivity index (χ0) is 22.4. The number of benzene rings is 2. The van der Waals surface area contributed by atoms with Gasteiger partial charge < -0.3 is 10.2 Å². The van der Waals surface area contributed by atoms with Crippen molar-refractivity contribution >= 4 is 33.4 Å². The van der Waals surface area contributed by atoms with Gasteiger partial charge in [0.15, 0.2) is 0 Å². The number of hydrogen-bond acceptors (Lipinski definition) is 4. The van der Waals surface area contributed by atoms with Crippen LogP contribution in [0.5, 0.6) is 0 Å². The average Bonchev–Trinajstić information content (AvgIpc) is 2.76. The highest BCUT2D eigenvalue weighted by Gasteiger charge is 2.28. The van der Waals surface area contributed by atoms with Crippen LogP contribution in [0.15, 0.2) is 53.0 Å². The number of nitrogens with zero attached hydrogens (tertiary/aromatic N) is 3. The quantitative estimate of drug-likeness (QED) is 0.651. The number of rotatable bonds is 7. The highest BCUT2D eigenvalue weighted by atomic mass is 79.9. The van der Waals surface area contributed by atoms with E-state index in [0.29, 0.717) is 13.1 Å². The molecule has 1 unspecified atom stereocenters. The van der Waals surface area contributed by atoms with E-state index in [2.05, 4.69) is 50.4 Å². The number of likely N-dealkylation sites (N-methyl/N-ethyl adjacent to an activating group) is 1. The number of carbonyl (C=O) groups is 2. The van der Waals surface area contributed by atoms with Crippen LogP contribution in [0, 0.1) is 6.92 Å². The normalized spacial score (nSPS) is 15.7. The fourth-order valence-electron chi connectivity index (χ4n) is 3.74. The zero-order valence-electron chi connectivity index (χ0n) is 18.5. The second kappa shape index (κ2) is 10.9. The van der Waals surface area contributed by atoms with Crippen LogP contribution in [-0.2, 0) is 16.1 Å². The second-order valence-corrected chi connectivity index (χ2v) is 9.10. The molecule has 2 amide bonds. The first-order chi connectivity index (χ1) is 14.8. The Labute approximate surface area is 193 Å². The third-order valence-corrected chi connectivity index (χ3v) is 6.30. The van der Waals surface area contributed by atoms with Gasteiger partial charge in [-0.1, -0.05) is 46.3 Å². The topological polar surface area (TPSA) is 55.9 Å². The van der Waals surface area contributed by atoms with Gasteiger partial charge in [0, 0.05) is 42.9 Å². The molecule has 0 saturated carbocycles. The Morgan fingerprint density at radius 2 is 1.77 bits per heavy atom. The van der Waals surface area contributed by atoms with Gasteiger partial charge in [0.05, 0.1) is 12.6 Å². The fourth-order valence-corrected chi connectivity index (χ4v) is 4.22. The first-order valence-corrected chi connectivity index (χ1v) is 11.4. The molecule has 1 saturated heterocycles. The maximum Gasteiger partial charge on any atom is 0.239 e. The minimum atomic E-state index is -0.350. The van der Waals surface area contributed by atoms with Crippen LogP contribution in [0.3, 0.4) is 0 Å². The lowest BCUT2D eigenvalue weighted by molar-refractivity contribution is -0.138. The summed E-state index contributed by atoms with van der Waals surface area (Å²) < 4.78 is 0.975. The number of aryl methyl sites for hydroxylation is 1. The molecule has 1 N–H and O–H groups in total. The van der Waals surface area contributed by atoms with Gasteiger partial charge in [0.2, 0.25) is 11.8 Å². The van der Waals surface area contributed by atoms with E-state index in [1.54, 1.807) is 0 Å². The van der Waals surface area contributed by atoms with E-state index in [1.807, 2.05) is 55.0 Å². The molecule has 1 aliphatic heterocycles. The van der Waals surface area contributed by atoms with Crippen LogP contribution in [0.1, 0.15) is 18.1 Å². The summed E-state index contributed by atoms with van der Waals surface area (Å²) in [6, 6.07) is 15.8. The van der Waals surface area contributed by atoms with Crippen LogP contribution in [0.25, 0.3) is 0 Å². The van der Waals surface area contributed by atoms with Crippen molar-refractivity contribution in [2.45, 2.75) is 26.4 Å². The number of halogens is 1. The van der Waals surface area contributed by atoms with E-state index in [0.717, 1.165) is 35.4 Å². The minimum Gasteiger partial charge on any atom is -0.339 e. The number of amides is 2. The number of carbonyl (C=O) groups excluding carboxylic acids is 2. The molecular formula is C24H31BrN4O2. The summed E-state index contributed by atoms with van der Waals surface area (Å²) in [5.74, 6) is -0.0465. The fraction of sp³-hybridized carbons (Fsp3) is 0.417. The molecule has 0 bridgehead atoms. The lowest BCUT2D eigenvalue weighted by Gasteiger charge is -2.37. The highest BCUT2D eigenvalue weighted by molar-refractivity contribution is 9.10. The third kappa shape index (κ3) is 6.63. The molecular weight excluding hydrogens is 456 g/mol. The third-order valence-electron chi connectivity index (χ3n) is 5.81. The maximum atomic E-state index is 13.0. The minimum absolute atomic E-state index is 0.0782. The number of anilines is 1. The predicted molar refractivity (Wildman–Crippen MR) is 128 cm³/mol. The summed E-state index contributed by atoms with van der Waals surface area (Å²) in [5, 5.41) is 2.94. The van der Waals surface area contributed by atoms with Crippen LogP contribution in [0.2, 0.25) is 0 Å². The SMILES string of the molecule is Cc1cc(Br)ccc1NC(=O)CN(C)C(C)C(=O)N1CCN(Cc2ccccc2)CC1. The molecule has 0 spiro atoms. The molecule has 0 aromatic heterocycles. The molecule has 1 atom stereocenters. The summed E-state index contributed by atoms with van der Waals surface area (Å²) in [6.07, 6.45) is 0. The first-order valence-electron chi connectivity index (χ1n) is 10.6. The van der Waals surface area contributed by atoms with Crippen LogP contribution in [0.4, 0.5) is 5.69 Å². The Bertz CT molecular complexity index is 898. The molecule has 1 aliphatic rings. The van der Waals surface area contributed by atoms with Crippen molar-refractivity contribution in [3.8, 4) is 0 Å². The highest BCUT2D eigenvalue weighted by Crippen LogP contribution is 2.20. The molecule has 1 heterocycles. The standard InChI is InChI=1S/C24H31BrN4O2/c1-18-15-21(25)9-10-22(18)26-23(30)17-27(3)19(2)24(31)29-13-11-28(12-14-29)16-20-7-5-4-6-8-20/h4-10,15,19H,11-14,16-17H2,1-3H3,(H,26,30). The lowest BCUT2D eigenvalue weighted by Crippen LogP contribution is -2.54. The van der Waals surface area contributed by atoms with Crippen molar-refractivity contribution in [1.29, 1.82) is 0 Å². The molecule has 31 heavy (non-hydrogen) atoms. The summed E-state index contributed by atoms with van der Waals surface area (Å²) in [7, 11) is 1.82. The molecule has 2 aromatic carbocycles. The molecule has 166 valence electrons. The molecule has 3 rings (SSSR count). The van der Waals surface area contributed by atoms with E-state index in [9.17, 15) is 9.59 Å². The Kier molecular flexibility index (Phi) is 8.23. The Balaban J connectivity index is 1.46. The van der Waals surface area contributed by atoms with Crippen molar-refractivity contribution in [2.75, 3.05) is 45.1 Å². The van der Waals surface area contributed by atoms with Gasteiger partial charge in [-0.05, 0) is 50.2 Å². The van der Waals surface area contributed by atoms with Crippen molar-refractivity contribution in [3.63, 3.8) is 0 Å². The van der Waals surface area contributed by atoms with Gasteiger partial charge in [0.25, 0.3) is 0 Å². The monoisotopic (exact) mass is 486 g/mol. The second-order valence-electron chi connectivity index (χ2n) is 8.19. The van der Waals surface area contributed by atoms with E-state index < -0.39 is 0 Å². The van der Waals surface area contributed by atoms with E-state index >= 15 is 0 Å². The van der Waals surface area contributed by atoms with Gasteiger partial charge in [-0.2, -0.15) is 0 Å². The van der Waals surface area contributed by atoms with Crippen molar-refractivity contribution in [2.24, 2.45) is 0 Å². The van der Waals surface area contributed by atoms with Gasteiger partial charge in [-0.15, -0.1) is 0 Å². The van der Waals surface area contributed by atoms with Crippen LogP contribution < -0.4 is 5.32 Å². The lowest BCUT2D eigenvalue weighted by atomic mass is 10.2. The van der Waals surface area contributed by atoms with E-state index in [-0.39, 0.29) is 24.4 Å². The largest absolute Gasteiger partial charge is 0.339 e. The first kappa shape index (κ1) is 23.4. The molecule has 2 aromatic rings. The van der Waals surface area contributed by atoms with Gasteiger partial charge in [0.1, 0.15) is 0 Å². The van der Waals surface area contributed by atoms with Crippen molar-refractivity contribution in [1.82, 2.24) is 14.7 Å². The van der Waals surface area contributed by atoms with E-state index in [4.69, 9.17) is 0 Å². The maximum absolute atomic E-state index is 13.0. The summed E-state index contributed by atoms with van der Waals surface area (Å²) in [6.45, 7) is 8.05. The van der Waals surface area contributed by atoms with Gasteiger partial charge in [-0.25, -0.2) is 0 Å². The Morgan fingerprint density at radius 3 is 2.42 bits per heavy atom. The summed E-state index contributed by atoms with van der Waals surface area (Å²) >= 11 is 3.43. The van der Waals surface area contributed by atoms with Crippen LogP contribution in [-0.4, -0.2) is 72.3 Å². The number of hydrogen-bond donors (Lipinski definition) is 1. The van der Waals surface area contributed by atoms with Gasteiger partial charge >= 0.3 is 0 Å². The van der Waals surface area contributed by atoms with Gasteiger partial charge in [-0.3, -0.25) is 19.4 Å². The Morgan fingerprint density at radius 1 is 1.10 bits per heavy atom.